The van der Waals surface area contributed by atoms with E-state index >= 15 is 0 Å². The summed E-state index contributed by atoms with van der Waals surface area (Å²) in [4.78, 5) is 18.6. The van der Waals surface area contributed by atoms with Crippen molar-refractivity contribution >= 4 is 6.03 Å². The van der Waals surface area contributed by atoms with Crippen molar-refractivity contribution in [1.82, 2.24) is 25.0 Å². The van der Waals surface area contributed by atoms with E-state index in [9.17, 15) is 4.79 Å². The van der Waals surface area contributed by atoms with E-state index in [-0.39, 0.29) is 22.8 Å². The lowest BCUT2D eigenvalue weighted by atomic mass is 9.99. The molecule has 0 spiro atoms. The van der Waals surface area contributed by atoms with E-state index in [2.05, 4.69) is 36.2 Å². The number of carbonyl (C=O) groups is 1. The molecule has 0 aromatic carbocycles. The maximum absolute atomic E-state index is 12.5. The molecule has 1 aliphatic rings. The summed E-state index contributed by atoms with van der Waals surface area (Å²) < 4.78 is 7.84. The van der Waals surface area contributed by atoms with Crippen LogP contribution in [0.2, 0.25) is 0 Å². The molecule has 0 unspecified atom stereocenters. The number of carbonyl (C=O) groups excluding carboxylic acids is 1. The van der Waals surface area contributed by atoms with Gasteiger partial charge in [0.05, 0.1) is 36.4 Å². The number of aromatic nitrogens is 3. The van der Waals surface area contributed by atoms with Crippen LogP contribution in [0.1, 0.15) is 54.3 Å². The van der Waals surface area contributed by atoms with Gasteiger partial charge < -0.3 is 15.0 Å². The van der Waals surface area contributed by atoms with Gasteiger partial charge in [0.25, 0.3) is 0 Å². The standard InChI is InChI=1S/C16H29N5O2/c1-14(2,3)21-12(18-11-19-21)8-17-13(22)20-9-15(4,5)23-16(6,7)10-20/h11H,8-10H2,1-7H3,(H,17,22). The lowest BCUT2D eigenvalue weighted by Crippen LogP contribution is -2.60. The van der Waals surface area contributed by atoms with E-state index in [4.69, 9.17) is 4.74 Å². The molecule has 0 radical (unpaired) electrons. The molecule has 0 atom stereocenters. The summed E-state index contributed by atoms with van der Waals surface area (Å²) in [7, 11) is 0. The first-order valence-corrected chi connectivity index (χ1v) is 8.02. The molecule has 7 heteroatoms. The fourth-order valence-corrected chi connectivity index (χ4v) is 3.14. The predicted octanol–water partition coefficient (Wildman–Crippen LogP) is 2.13. The Morgan fingerprint density at radius 3 is 2.35 bits per heavy atom. The van der Waals surface area contributed by atoms with E-state index in [1.54, 1.807) is 4.90 Å². The first-order chi connectivity index (χ1) is 10.4. The SMILES string of the molecule is CC1(C)CN(C(=O)NCc2ncnn2C(C)(C)C)CC(C)(C)O1. The van der Waals surface area contributed by atoms with E-state index in [1.165, 1.54) is 6.33 Å². The average Bonchev–Trinajstić information content (AvgIpc) is 2.80. The van der Waals surface area contributed by atoms with Crippen LogP contribution < -0.4 is 5.32 Å². The van der Waals surface area contributed by atoms with Gasteiger partial charge in [-0.05, 0) is 48.5 Å². The summed E-state index contributed by atoms with van der Waals surface area (Å²) in [6, 6.07) is -0.0992. The van der Waals surface area contributed by atoms with Gasteiger partial charge in [-0.25, -0.2) is 14.5 Å². The monoisotopic (exact) mass is 323 g/mol. The zero-order valence-corrected chi connectivity index (χ0v) is 15.3. The molecule has 0 saturated carbocycles. The normalized spacial score (nSPS) is 20.4. The number of hydrogen-bond acceptors (Lipinski definition) is 4. The second kappa shape index (κ2) is 5.78. The van der Waals surface area contributed by atoms with Gasteiger partial charge in [0.2, 0.25) is 0 Å². The Hall–Kier alpha value is -1.63. The maximum atomic E-state index is 12.5. The first-order valence-electron chi connectivity index (χ1n) is 8.02. The molecule has 1 fully saturated rings. The quantitative estimate of drug-likeness (QED) is 0.905. The number of rotatable bonds is 2. The molecule has 23 heavy (non-hydrogen) atoms. The number of ether oxygens (including phenoxy) is 1. The van der Waals surface area contributed by atoms with Crippen molar-refractivity contribution in [2.75, 3.05) is 13.1 Å². The Morgan fingerprint density at radius 1 is 1.26 bits per heavy atom. The van der Waals surface area contributed by atoms with Crippen molar-refractivity contribution in [3.05, 3.63) is 12.2 Å². The summed E-state index contributed by atoms with van der Waals surface area (Å²) in [6.45, 7) is 15.7. The Balaban J connectivity index is 2.02. The van der Waals surface area contributed by atoms with Gasteiger partial charge in [0, 0.05) is 0 Å². The highest BCUT2D eigenvalue weighted by atomic mass is 16.5. The van der Waals surface area contributed by atoms with E-state index < -0.39 is 0 Å². The molecule has 2 rings (SSSR count). The molecule has 1 saturated heterocycles. The number of nitrogens with zero attached hydrogens (tertiary/aromatic N) is 4. The van der Waals surface area contributed by atoms with Crippen LogP contribution in [0.4, 0.5) is 4.79 Å². The minimum absolute atomic E-state index is 0.0992. The van der Waals surface area contributed by atoms with Crippen molar-refractivity contribution in [2.24, 2.45) is 0 Å². The van der Waals surface area contributed by atoms with Crippen LogP contribution in [0.15, 0.2) is 6.33 Å². The van der Waals surface area contributed by atoms with Crippen LogP contribution in [0.5, 0.6) is 0 Å². The predicted molar refractivity (Wildman–Crippen MR) is 88.1 cm³/mol. The molecular formula is C16H29N5O2. The first kappa shape index (κ1) is 17.7. The molecule has 2 heterocycles. The van der Waals surface area contributed by atoms with Gasteiger partial charge in [0.1, 0.15) is 12.2 Å². The van der Waals surface area contributed by atoms with E-state index in [0.717, 1.165) is 5.82 Å². The van der Waals surface area contributed by atoms with Crippen LogP contribution in [-0.2, 0) is 16.8 Å². The van der Waals surface area contributed by atoms with Gasteiger partial charge in [-0.2, -0.15) is 5.10 Å². The molecule has 2 amide bonds. The zero-order chi connectivity index (χ0) is 17.5. The molecular weight excluding hydrogens is 294 g/mol. The minimum Gasteiger partial charge on any atom is -0.366 e. The number of urea groups is 1. The lowest BCUT2D eigenvalue weighted by Gasteiger charge is -2.46. The highest BCUT2D eigenvalue weighted by Gasteiger charge is 2.40. The van der Waals surface area contributed by atoms with Gasteiger partial charge in [-0.15, -0.1) is 0 Å². The van der Waals surface area contributed by atoms with Gasteiger partial charge >= 0.3 is 6.03 Å². The molecule has 1 aliphatic heterocycles. The Kier molecular flexibility index (Phi) is 4.45. The highest BCUT2D eigenvalue weighted by molar-refractivity contribution is 5.74. The number of amides is 2. The second-order valence-corrected chi connectivity index (χ2v) is 8.40. The Labute approximate surface area is 138 Å². The maximum Gasteiger partial charge on any atom is 0.317 e. The minimum atomic E-state index is -0.357. The molecule has 0 bridgehead atoms. The van der Waals surface area contributed by atoms with Gasteiger partial charge in [-0.3, -0.25) is 0 Å². The Bertz CT molecular complexity index is 555. The molecule has 130 valence electrons. The van der Waals surface area contributed by atoms with Crippen LogP contribution in [0, 0.1) is 0 Å². The topological polar surface area (TPSA) is 72.3 Å². The fourth-order valence-electron chi connectivity index (χ4n) is 3.14. The average molecular weight is 323 g/mol. The third-order valence-corrected chi connectivity index (χ3v) is 3.63. The van der Waals surface area contributed by atoms with Gasteiger partial charge in [-0.1, -0.05) is 0 Å². The Morgan fingerprint density at radius 2 is 1.83 bits per heavy atom. The molecule has 1 aromatic heterocycles. The largest absolute Gasteiger partial charge is 0.366 e. The lowest BCUT2D eigenvalue weighted by molar-refractivity contribution is -0.170. The third kappa shape index (κ3) is 4.43. The molecule has 1 N–H and O–H groups in total. The third-order valence-electron chi connectivity index (χ3n) is 3.63. The highest BCUT2D eigenvalue weighted by Crippen LogP contribution is 2.28. The summed E-state index contributed by atoms with van der Waals surface area (Å²) in [5.41, 5.74) is -0.880. The van der Waals surface area contributed by atoms with Crippen molar-refractivity contribution in [3.8, 4) is 0 Å². The van der Waals surface area contributed by atoms with E-state index in [0.29, 0.717) is 19.6 Å². The van der Waals surface area contributed by atoms with Crippen molar-refractivity contribution in [2.45, 2.75) is 71.8 Å². The summed E-state index contributed by atoms with van der Waals surface area (Å²) in [6.07, 6.45) is 1.52. The van der Waals surface area contributed by atoms with E-state index in [1.807, 2.05) is 32.4 Å². The van der Waals surface area contributed by atoms with Crippen LogP contribution in [0.25, 0.3) is 0 Å². The smallest absolute Gasteiger partial charge is 0.317 e. The summed E-state index contributed by atoms with van der Waals surface area (Å²) in [5, 5.41) is 7.20. The summed E-state index contributed by atoms with van der Waals surface area (Å²) >= 11 is 0. The van der Waals surface area contributed by atoms with Crippen molar-refractivity contribution in [3.63, 3.8) is 0 Å². The van der Waals surface area contributed by atoms with Gasteiger partial charge in [0.15, 0.2) is 0 Å². The summed E-state index contributed by atoms with van der Waals surface area (Å²) in [5.74, 6) is 0.748. The fraction of sp³-hybridized carbons (Fsp3) is 0.812. The number of morpholine rings is 1. The second-order valence-electron chi connectivity index (χ2n) is 8.40. The zero-order valence-electron chi connectivity index (χ0n) is 15.3. The van der Waals surface area contributed by atoms with Crippen molar-refractivity contribution in [1.29, 1.82) is 0 Å². The van der Waals surface area contributed by atoms with Crippen molar-refractivity contribution < 1.29 is 9.53 Å². The number of nitrogens with one attached hydrogen (secondary N) is 1. The molecule has 1 aromatic rings. The number of hydrogen-bond donors (Lipinski definition) is 1. The molecule has 7 nitrogen and oxygen atoms in total. The van der Waals surface area contributed by atoms with Crippen LogP contribution in [-0.4, -0.2) is 50.0 Å². The van der Waals surface area contributed by atoms with Crippen LogP contribution in [0.3, 0.4) is 0 Å². The van der Waals surface area contributed by atoms with Crippen LogP contribution >= 0.6 is 0 Å². The molecule has 0 aliphatic carbocycles.